The Hall–Kier alpha value is -7.25. The van der Waals surface area contributed by atoms with Gasteiger partial charge in [-0.3, -0.25) is 28.8 Å². The number of ether oxygens (including phenoxy) is 2. The molecule has 24 heteroatoms. The van der Waals surface area contributed by atoms with Crippen molar-refractivity contribution < 1.29 is 42.6 Å². The summed E-state index contributed by atoms with van der Waals surface area (Å²) >= 11 is 15.4. The molecule has 0 spiro atoms. The zero-order chi connectivity index (χ0) is 89.4. The summed E-state index contributed by atoms with van der Waals surface area (Å²) in [6.07, 6.45) is 8.34. The molecule has 6 unspecified atom stereocenters. The minimum atomic E-state index is -0.456. The summed E-state index contributed by atoms with van der Waals surface area (Å²) in [5.41, 5.74) is 5.00. The molecule has 6 amide bonds. The Morgan fingerprint density at radius 3 is 1.16 bits per heavy atom. The second-order valence-corrected chi connectivity index (χ2v) is 43.9. The molecule has 13 aliphatic rings. The first-order chi connectivity index (χ1) is 59.3. The predicted molar refractivity (Wildman–Crippen MR) is 499 cm³/mol. The molecule has 0 radical (unpaired) electrons. The summed E-state index contributed by atoms with van der Waals surface area (Å²) in [5.74, 6) is 11.3. The van der Waals surface area contributed by atoms with E-state index in [1.807, 2.05) is 85.7 Å². The average molecular weight is 1820 g/mol. The van der Waals surface area contributed by atoms with Crippen molar-refractivity contribution in [2.75, 3.05) is 91.8 Å². The van der Waals surface area contributed by atoms with Crippen LogP contribution >= 0.6 is 39.1 Å². The number of piperidine rings is 6. The molecule has 678 valence electrons. The van der Waals surface area contributed by atoms with Crippen LogP contribution in [0.25, 0.3) is 10.8 Å². The monoisotopic (exact) mass is 1810 g/mol. The van der Waals surface area contributed by atoms with Gasteiger partial charge in [0.2, 0.25) is 35.4 Å². The standard InChI is InChI=1S/C20H24N2O.C17H23BrN2O2.C17H23FN2O2.C17H24N2O.C15H18Cl2N2O.C15H26N2O/c1-20(2,22-19(23)18-16-11-21-12-17(16)18)10-14-8-5-7-13-6-3-4-9-15(13)14;2*1-10-6-11(18)4-5-14(10)22-9-17(2,3)20-16(21)15-12-7-19-8-13(12)15;1-11-6-4-5-7-12(11)8-17(2,3)19-16(20)15-13-9-18-10-14(13)15;1-15(2,8-3-4-11(16)12(17)5-8)19-14(20)13-9-6-18-7-10(9)13;1-15(2,10-6-4-3-5-7-10)17-14(18)13-11-8-16-9-12(11)13/h3-9,16-18,21H,10-12H2,1-2H3,(H,22,23);2*4-6,12-13,15,19H,7-9H2,1-3H3,(H,20,21);4-7,13-15,18H,8-10H2,1-3H3,(H,19,20);3-5,9-10,13,18H,6-7H2,1-2H3,(H,19,20);10-13,16H,3-9H2,1-2H3,(H,17,18)/t16-,17+,18?;2*12-,13+,15?;13-,14+,15?;9-,10+,13?;11-,12+,13?. The van der Waals surface area contributed by atoms with Gasteiger partial charge < -0.3 is 73.3 Å². The fraction of sp³-hybridized carbons (Fsp3) is 0.604. The second-order valence-electron chi connectivity index (χ2n) is 42.2. The lowest BCUT2D eigenvalue weighted by Gasteiger charge is -2.38. The minimum absolute atomic E-state index is 0.0121. The fourth-order valence-corrected chi connectivity index (χ4v) is 22.4. The Balaban J connectivity index is 0.000000122. The summed E-state index contributed by atoms with van der Waals surface area (Å²) in [4.78, 5) is 74.3. The molecule has 7 saturated carbocycles. The molecular weight excluding hydrogens is 1680 g/mol. The highest BCUT2D eigenvalue weighted by Crippen LogP contribution is 2.54. The maximum absolute atomic E-state index is 13.1. The van der Waals surface area contributed by atoms with Crippen molar-refractivity contribution in [1.82, 2.24) is 63.8 Å². The van der Waals surface area contributed by atoms with Crippen molar-refractivity contribution in [2.45, 2.75) is 182 Å². The van der Waals surface area contributed by atoms with E-state index in [1.54, 1.807) is 12.1 Å². The SMILES string of the molecule is CC(C)(Cc1cccc2ccccc12)NC(=O)C1[C@H]2CNC[C@@H]12.CC(C)(NC(=O)C1[C@H]2CNC[C@@H]12)C1CCCCC1.CC(C)(NC(=O)C1[C@H]2CNC[C@@H]12)c1ccc(Cl)c(Cl)c1.Cc1cc(Br)ccc1OCC(C)(C)NC(=O)C1[C@H]2CNC[C@@H]12.Cc1cc(F)ccc1OCC(C)(C)NC(=O)C1[C@H]2CNC[C@@H]12.Cc1ccccc1CC(C)(C)NC(=O)C1[C@H]2CNC[C@@H]12. The fourth-order valence-electron chi connectivity index (χ4n) is 21.6. The Morgan fingerprint density at radius 1 is 0.384 bits per heavy atom. The first-order valence-electron chi connectivity index (χ1n) is 46.2. The molecule has 20 nitrogen and oxygen atoms in total. The van der Waals surface area contributed by atoms with Crippen LogP contribution in [0.15, 0.2) is 126 Å². The van der Waals surface area contributed by atoms with Gasteiger partial charge in [0.1, 0.15) is 30.5 Å². The van der Waals surface area contributed by atoms with Gasteiger partial charge in [-0.25, -0.2) is 4.39 Å². The highest BCUT2D eigenvalue weighted by atomic mass is 79.9. The molecular formula is C101H138BrCl2FN12O8. The van der Waals surface area contributed by atoms with Gasteiger partial charge in [-0.15, -0.1) is 0 Å². The van der Waals surface area contributed by atoms with Crippen molar-refractivity contribution in [3.63, 3.8) is 0 Å². The minimum Gasteiger partial charge on any atom is -0.491 e. The second kappa shape index (κ2) is 38.8. The largest absolute Gasteiger partial charge is 0.491 e. The van der Waals surface area contributed by atoms with Crippen molar-refractivity contribution in [1.29, 1.82) is 0 Å². The van der Waals surface area contributed by atoms with E-state index < -0.39 is 11.1 Å². The third kappa shape index (κ3) is 23.5. The van der Waals surface area contributed by atoms with Gasteiger partial charge in [0.05, 0.1) is 26.7 Å². The maximum Gasteiger partial charge on any atom is 0.224 e. The van der Waals surface area contributed by atoms with Crippen molar-refractivity contribution >= 4 is 85.3 Å². The number of carbonyl (C=O) groups excluding carboxylic acids is 6. The number of hydrogen-bond donors (Lipinski definition) is 12. The summed E-state index contributed by atoms with van der Waals surface area (Å²) in [7, 11) is 0. The van der Waals surface area contributed by atoms with Crippen molar-refractivity contribution in [3.8, 4) is 11.5 Å². The number of benzene rings is 6. The van der Waals surface area contributed by atoms with E-state index in [0.717, 1.165) is 118 Å². The lowest BCUT2D eigenvalue weighted by atomic mass is 9.76. The van der Waals surface area contributed by atoms with Gasteiger partial charge in [-0.2, -0.15) is 0 Å². The van der Waals surface area contributed by atoms with Crippen LogP contribution in [0, 0.1) is 139 Å². The van der Waals surface area contributed by atoms with Crippen molar-refractivity contribution in [2.24, 2.45) is 112 Å². The number of halogens is 4. The van der Waals surface area contributed by atoms with E-state index >= 15 is 0 Å². The molecule has 6 saturated heterocycles. The van der Waals surface area contributed by atoms with Crippen LogP contribution in [0.3, 0.4) is 0 Å². The molecule has 12 N–H and O–H groups in total. The maximum atomic E-state index is 13.1. The molecule has 19 rings (SSSR count). The number of carbonyl (C=O) groups is 6. The summed E-state index contributed by atoms with van der Waals surface area (Å²) in [6.45, 7) is 43.5. The zero-order valence-electron chi connectivity index (χ0n) is 76.1. The van der Waals surface area contributed by atoms with Crippen molar-refractivity contribution in [3.05, 3.63) is 175 Å². The third-order valence-corrected chi connectivity index (χ3v) is 30.5. The topological polar surface area (TPSA) is 265 Å². The van der Waals surface area contributed by atoms with Gasteiger partial charge in [0.25, 0.3) is 0 Å². The zero-order valence-corrected chi connectivity index (χ0v) is 79.2. The van der Waals surface area contributed by atoms with Crippen LogP contribution in [0.5, 0.6) is 11.5 Å². The van der Waals surface area contributed by atoms with Crippen LogP contribution in [0.4, 0.5) is 4.39 Å². The normalized spacial score (nSPS) is 28.3. The summed E-state index contributed by atoms with van der Waals surface area (Å²) in [5, 5.41) is 42.8. The van der Waals surface area contributed by atoms with E-state index in [-0.39, 0.29) is 87.1 Å². The first kappa shape index (κ1) is 93.9. The molecule has 7 aliphatic carbocycles. The Bertz CT molecular complexity index is 4710. The Kier molecular flexibility index (Phi) is 29.2. The third-order valence-electron chi connectivity index (χ3n) is 29.2. The van der Waals surface area contributed by atoms with Gasteiger partial charge in [0, 0.05) is 56.6 Å². The quantitative estimate of drug-likeness (QED) is 0.0269. The predicted octanol–water partition coefficient (Wildman–Crippen LogP) is 13.7. The lowest BCUT2D eigenvalue weighted by Crippen LogP contribution is -2.50. The van der Waals surface area contributed by atoms with Crippen LogP contribution in [-0.2, 0) is 47.1 Å². The molecule has 6 aromatic carbocycles. The van der Waals surface area contributed by atoms with E-state index in [9.17, 15) is 33.2 Å². The molecule has 18 atom stereocenters. The number of aryl methyl sites for hydroxylation is 3. The molecule has 0 bridgehead atoms. The van der Waals surface area contributed by atoms with E-state index in [4.69, 9.17) is 32.7 Å². The van der Waals surface area contributed by atoms with Gasteiger partial charge in [0.15, 0.2) is 0 Å². The van der Waals surface area contributed by atoms with Gasteiger partial charge >= 0.3 is 0 Å². The molecule has 6 aromatic rings. The molecule has 13 fully saturated rings. The van der Waals surface area contributed by atoms with Crippen LogP contribution in [0.2, 0.25) is 10.0 Å². The number of nitrogens with one attached hydrogen (secondary N) is 12. The Morgan fingerprint density at radius 2 is 0.744 bits per heavy atom. The van der Waals surface area contributed by atoms with Crippen LogP contribution in [0.1, 0.15) is 149 Å². The summed E-state index contributed by atoms with van der Waals surface area (Å²) in [6, 6.07) is 39.2. The van der Waals surface area contributed by atoms with Crippen LogP contribution < -0.4 is 73.3 Å². The molecule has 125 heavy (non-hydrogen) atoms. The number of amides is 6. The molecule has 6 heterocycles. The number of hydrogen-bond acceptors (Lipinski definition) is 14. The first-order valence-corrected chi connectivity index (χ1v) is 47.7. The van der Waals surface area contributed by atoms with E-state index in [1.165, 1.54) is 71.7 Å². The van der Waals surface area contributed by atoms with E-state index in [0.29, 0.717) is 118 Å². The smallest absolute Gasteiger partial charge is 0.224 e. The van der Waals surface area contributed by atoms with Gasteiger partial charge in [-0.05, 0) is 378 Å². The number of fused-ring (bicyclic) bond motifs is 7. The molecule has 6 aliphatic heterocycles. The average Bonchev–Trinajstić information content (AvgIpc) is 1.64. The highest BCUT2D eigenvalue weighted by molar-refractivity contribution is 9.10. The highest BCUT2D eigenvalue weighted by Gasteiger charge is 2.62. The van der Waals surface area contributed by atoms with Crippen LogP contribution in [-0.4, -0.2) is 155 Å². The Labute approximate surface area is 759 Å². The molecule has 0 aromatic heterocycles. The van der Waals surface area contributed by atoms with Gasteiger partial charge in [-0.1, -0.05) is 131 Å². The van der Waals surface area contributed by atoms with E-state index in [2.05, 4.69) is 195 Å². The summed E-state index contributed by atoms with van der Waals surface area (Å²) < 4.78 is 25.8. The lowest BCUT2D eigenvalue weighted by molar-refractivity contribution is -0.126. The number of rotatable bonds is 24.